The number of ether oxygens (including phenoxy) is 2. The van der Waals surface area contributed by atoms with Gasteiger partial charge in [-0.3, -0.25) is 9.59 Å². The molecule has 41 heavy (non-hydrogen) atoms. The number of benzene rings is 1. The van der Waals surface area contributed by atoms with Crippen LogP contribution in [0.25, 0.3) is 0 Å². The van der Waals surface area contributed by atoms with Gasteiger partial charge in [0.1, 0.15) is 5.75 Å². The molecule has 1 saturated carbocycles. The third-order valence-electron chi connectivity index (χ3n) is 8.30. The Hall–Kier alpha value is -2.21. The summed E-state index contributed by atoms with van der Waals surface area (Å²) in [5, 5.41) is 13.1. The third kappa shape index (κ3) is 9.66. The smallest absolute Gasteiger partial charge is 0.258 e. The van der Waals surface area contributed by atoms with E-state index in [2.05, 4.69) is 5.32 Å². The Morgan fingerprint density at radius 3 is 2.49 bits per heavy atom. The molecule has 2 amide bonds. The van der Waals surface area contributed by atoms with Crippen molar-refractivity contribution in [2.45, 2.75) is 90.4 Å². The average molecular weight is 596 g/mol. The number of nitrogens with one attached hydrogen (secondary N) is 1. The van der Waals surface area contributed by atoms with Gasteiger partial charge in [-0.2, -0.15) is 0 Å². The quantitative estimate of drug-likeness (QED) is 0.490. The molecule has 0 aromatic heterocycles. The van der Waals surface area contributed by atoms with Gasteiger partial charge in [-0.15, -0.1) is 0 Å². The number of hydrogen-bond donors (Lipinski definition) is 2. The zero-order chi connectivity index (χ0) is 30.2. The van der Waals surface area contributed by atoms with Crippen LogP contribution in [0.5, 0.6) is 5.75 Å². The summed E-state index contributed by atoms with van der Waals surface area (Å²) >= 11 is 0. The van der Waals surface area contributed by atoms with Gasteiger partial charge in [0, 0.05) is 44.3 Å². The Morgan fingerprint density at radius 1 is 1.15 bits per heavy atom. The van der Waals surface area contributed by atoms with Gasteiger partial charge in [0.25, 0.3) is 5.91 Å². The highest BCUT2D eigenvalue weighted by Crippen LogP contribution is 2.30. The van der Waals surface area contributed by atoms with E-state index in [9.17, 15) is 23.1 Å². The molecule has 11 heteroatoms. The van der Waals surface area contributed by atoms with Gasteiger partial charge in [0.15, 0.2) is 0 Å². The van der Waals surface area contributed by atoms with E-state index >= 15 is 0 Å². The molecule has 1 aromatic carbocycles. The van der Waals surface area contributed by atoms with E-state index in [1.165, 1.54) is 11.4 Å². The number of carbonyl (C=O) groups is 2. The summed E-state index contributed by atoms with van der Waals surface area (Å²) < 4.78 is 38.0. The van der Waals surface area contributed by atoms with Gasteiger partial charge in [0.2, 0.25) is 15.9 Å². The topological polar surface area (TPSA) is 125 Å². The van der Waals surface area contributed by atoms with Crippen LogP contribution in [-0.4, -0.2) is 92.4 Å². The first-order chi connectivity index (χ1) is 19.4. The molecule has 3 rings (SSSR count). The number of nitrogens with zero attached hydrogens (tertiary/aromatic N) is 2. The van der Waals surface area contributed by atoms with Gasteiger partial charge < -0.3 is 24.8 Å². The number of carbonyl (C=O) groups excluding carboxylic acids is 2. The van der Waals surface area contributed by atoms with E-state index in [0.717, 1.165) is 57.6 Å². The van der Waals surface area contributed by atoms with Crippen LogP contribution in [0, 0.1) is 11.8 Å². The lowest BCUT2D eigenvalue weighted by Gasteiger charge is -2.35. The van der Waals surface area contributed by atoms with Crippen molar-refractivity contribution in [1.82, 2.24) is 9.21 Å². The van der Waals surface area contributed by atoms with E-state index in [0.29, 0.717) is 23.6 Å². The van der Waals surface area contributed by atoms with Crippen LogP contribution >= 0.6 is 0 Å². The molecule has 1 heterocycles. The molecular formula is C30H49N3O7S. The predicted octanol–water partition coefficient (Wildman–Crippen LogP) is 3.89. The summed E-state index contributed by atoms with van der Waals surface area (Å²) in [6, 6.07) is 4.67. The standard InChI is InChI=1S/C30H49N3O7S/c1-21-18-33(22(2)20-34)30(36)26-17-25(31-29(35)24-12-7-6-8-13-24)14-15-27(26)40-23(3)11-9-10-16-39-28(21)19-32(4)41(5,37)38/h14-15,17,21-24,28,34H,6-13,16,18-20H2,1-5H3,(H,31,35)/t21-,22+,23-,28+/m1/s1. The average Bonchev–Trinajstić information content (AvgIpc) is 2.94. The number of likely N-dealkylation sites (N-methyl/N-ethyl adjacent to an activating group) is 1. The second-order valence-electron chi connectivity index (χ2n) is 11.9. The summed E-state index contributed by atoms with van der Waals surface area (Å²) in [5.74, 6) is -0.198. The molecule has 0 spiro atoms. The summed E-state index contributed by atoms with van der Waals surface area (Å²) in [6.45, 7) is 6.25. The molecule has 2 N–H and O–H groups in total. The minimum atomic E-state index is -3.42. The van der Waals surface area contributed by atoms with Crippen LogP contribution in [0.15, 0.2) is 18.2 Å². The highest BCUT2D eigenvalue weighted by atomic mass is 32.2. The summed E-state index contributed by atoms with van der Waals surface area (Å²) in [6.07, 6.45) is 7.90. The molecule has 2 aliphatic rings. The minimum Gasteiger partial charge on any atom is -0.490 e. The van der Waals surface area contributed by atoms with E-state index in [1.807, 2.05) is 13.8 Å². The van der Waals surface area contributed by atoms with E-state index < -0.39 is 22.2 Å². The molecule has 0 bridgehead atoms. The van der Waals surface area contributed by atoms with Crippen molar-refractivity contribution in [2.75, 3.05) is 44.9 Å². The molecule has 0 unspecified atom stereocenters. The van der Waals surface area contributed by atoms with Crippen molar-refractivity contribution in [2.24, 2.45) is 11.8 Å². The van der Waals surface area contributed by atoms with Crippen LogP contribution in [0.3, 0.4) is 0 Å². The molecule has 4 atom stereocenters. The molecule has 1 aliphatic carbocycles. The molecular weight excluding hydrogens is 546 g/mol. The number of hydrogen-bond acceptors (Lipinski definition) is 7. The molecule has 0 radical (unpaired) electrons. The molecule has 232 valence electrons. The number of rotatable bonds is 7. The lowest BCUT2D eigenvalue weighted by Crippen LogP contribution is -2.47. The lowest BCUT2D eigenvalue weighted by molar-refractivity contribution is -0.120. The third-order valence-corrected chi connectivity index (χ3v) is 9.58. The van der Waals surface area contributed by atoms with Crippen molar-refractivity contribution in [1.29, 1.82) is 0 Å². The first-order valence-electron chi connectivity index (χ1n) is 15.0. The molecule has 1 aromatic rings. The van der Waals surface area contributed by atoms with Gasteiger partial charge in [-0.1, -0.05) is 26.2 Å². The van der Waals surface area contributed by atoms with Crippen molar-refractivity contribution in [3.63, 3.8) is 0 Å². The fraction of sp³-hybridized carbons (Fsp3) is 0.733. The predicted molar refractivity (Wildman–Crippen MR) is 160 cm³/mol. The maximum Gasteiger partial charge on any atom is 0.258 e. The summed E-state index contributed by atoms with van der Waals surface area (Å²) in [7, 11) is -1.90. The normalized spacial score (nSPS) is 24.7. The zero-order valence-corrected chi connectivity index (χ0v) is 26.1. The van der Waals surface area contributed by atoms with Crippen LogP contribution in [-0.2, 0) is 19.6 Å². The first kappa shape index (κ1) is 33.3. The highest BCUT2D eigenvalue weighted by molar-refractivity contribution is 7.88. The van der Waals surface area contributed by atoms with Crippen LogP contribution in [0.2, 0.25) is 0 Å². The number of aliphatic hydroxyl groups is 1. The Morgan fingerprint density at radius 2 is 1.83 bits per heavy atom. The molecule has 1 fully saturated rings. The summed E-state index contributed by atoms with van der Waals surface area (Å²) in [4.78, 5) is 28.7. The van der Waals surface area contributed by atoms with Crippen molar-refractivity contribution in [3.8, 4) is 5.75 Å². The van der Waals surface area contributed by atoms with Gasteiger partial charge in [0.05, 0.1) is 36.7 Å². The molecule has 10 nitrogen and oxygen atoms in total. The Bertz CT molecular complexity index is 1120. The monoisotopic (exact) mass is 595 g/mol. The Labute approximate surface area is 245 Å². The van der Waals surface area contributed by atoms with Crippen LogP contribution in [0.1, 0.15) is 82.5 Å². The van der Waals surface area contributed by atoms with Crippen molar-refractivity contribution in [3.05, 3.63) is 23.8 Å². The lowest BCUT2D eigenvalue weighted by atomic mass is 9.88. The molecule has 1 aliphatic heterocycles. The second kappa shape index (κ2) is 15.3. The SMILES string of the molecule is C[C@@H]1CCCCO[C@@H](CN(C)S(C)(=O)=O)[C@H](C)CN([C@@H](C)CO)C(=O)c2cc(NC(=O)C3CCCCC3)ccc2O1. The van der Waals surface area contributed by atoms with Gasteiger partial charge >= 0.3 is 0 Å². The van der Waals surface area contributed by atoms with Gasteiger partial charge in [-0.05, 0) is 64.2 Å². The van der Waals surface area contributed by atoms with Gasteiger partial charge in [-0.25, -0.2) is 12.7 Å². The number of aliphatic hydroxyl groups excluding tert-OH is 1. The van der Waals surface area contributed by atoms with E-state index in [1.54, 1.807) is 30.0 Å². The highest BCUT2D eigenvalue weighted by Gasteiger charge is 2.31. The van der Waals surface area contributed by atoms with E-state index in [4.69, 9.17) is 9.47 Å². The number of fused-ring (bicyclic) bond motifs is 1. The maximum atomic E-state index is 14.2. The van der Waals surface area contributed by atoms with E-state index in [-0.39, 0.29) is 49.5 Å². The number of sulfonamides is 1. The fourth-order valence-electron chi connectivity index (χ4n) is 5.46. The van der Waals surface area contributed by atoms with Crippen molar-refractivity contribution >= 4 is 27.5 Å². The van der Waals surface area contributed by atoms with Crippen molar-refractivity contribution < 1.29 is 32.6 Å². The van der Waals surface area contributed by atoms with Crippen LogP contribution in [0.4, 0.5) is 5.69 Å². The fourth-order valence-corrected chi connectivity index (χ4v) is 5.88. The maximum absolute atomic E-state index is 14.2. The first-order valence-corrected chi connectivity index (χ1v) is 16.8. The molecule has 0 saturated heterocycles. The minimum absolute atomic E-state index is 0.0295. The largest absolute Gasteiger partial charge is 0.490 e. The Balaban J connectivity index is 1.95. The van der Waals surface area contributed by atoms with Crippen LogP contribution < -0.4 is 10.1 Å². The summed E-state index contributed by atoms with van der Waals surface area (Å²) in [5.41, 5.74) is 0.847. The number of anilines is 1. The zero-order valence-electron chi connectivity index (χ0n) is 25.3. The number of amides is 2. The second-order valence-corrected chi connectivity index (χ2v) is 14.0. The Kier molecular flexibility index (Phi) is 12.4.